The summed E-state index contributed by atoms with van der Waals surface area (Å²) in [6, 6.07) is 8.10. The van der Waals surface area contributed by atoms with E-state index in [1.165, 1.54) is 12.7 Å². The maximum atomic E-state index is 11.4. The Balaban J connectivity index is 2.26. The van der Waals surface area contributed by atoms with E-state index in [1.807, 2.05) is 12.1 Å². The van der Waals surface area contributed by atoms with Gasteiger partial charge in [0.15, 0.2) is 0 Å². The van der Waals surface area contributed by atoms with Crippen LogP contribution >= 0.6 is 0 Å². The number of benzene rings is 1. The van der Waals surface area contributed by atoms with Crippen molar-refractivity contribution in [3.05, 3.63) is 29.8 Å². The first-order valence-electron chi connectivity index (χ1n) is 7.08. The third-order valence-corrected chi connectivity index (χ3v) is 3.32. The molecule has 0 amide bonds. The summed E-state index contributed by atoms with van der Waals surface area (Å²) in [5.41, 5.74) is 6.25. The highest BCUT2D eigenvalue weighted by atomic mass is 16.5. The molecular weight excluding hydrogens is 254 g/mol. The number of ether oxygens (including phenoxy) is 2. The Morgan fingerprint density at radius 2 is 2.10 bits per heavy atom. The normalized spacial score (nSPS) is 13.6. The predicted octanol–water partition coefficient (Wildman–Crippen LogP) is 2.69. The Hall–Kier alpha value is -1.55. The van der Waals surface area contributed by atoms with E-state index in [2.05, 4.69) is 23.8 Å². The molecule has 0 saturated heterocycles. The third kappa shape index (κ3) is 5.21. The van der Waals surface area contributed by atoms with Crippen LogP contribution in [-0.4, -0.2) is 25.2 Å². The van der Waals surface area contributed by atoms with E-state index < -0.39 is 5.54 Å². The number of methoxy groups -OCH3 is 1. The molecule has 4 heteroatoms. The Bertz CT molecular complexity index is 429. The third-order valence-electron chi connectivity index (χ3n) is 3.32. The zero-order chi connectivity index (χ0) is 15.0. The summed E-state index contributed by atoms with van der Waals surface area (Å²) < 4.78 is 10.4. The first-order valence-corrected chi connectivity index (χ1v) is 7.08. The molecule has 0 bridgehead atoms. The lowest BCUT2D eigenvalue weighted by Crippen LogP contribution is -2.45. The van der Waals surface area contributed by atoms with Crippen LogP contribution in [0.25, 0.3) is 0 Å². The van der Waals surface area contributed by atoms with Crippen LogP contribution in [-0.2, 0) is 16.0 Å². The van der Waals surface area contributed by atoms with Gasteiger partial charge in [-0.15, -0.1) is 0 Å². The van der Waals surface area contributed by atoms with Crippen molar-refractivity contribution < 1.29 is 14.3 Å². The molecule has 0 radical (unpaired) electrons. The largest absolute Gasteiger partial charge is 0.494 e. The lowest BCUT2D eigenvalue weighted by molar-refractivity contribution is -0.146. The van der Waals surface area contributed by atoms with Crippen LogP contribution in [0.4, 0.5) is 0 Å². The molecule has 0 fully saturated rings. The van der Waals surface area contributed by atoms with E-state index in [0.29, 0.717) is 13.0 Å². The first-order chi connectivity index (χ1) is 9.49. The van der Waals surface area contributed by atoms with Gasteiger partial charge >= 0.3 is 5.97 Å². The second kappa shape index (κ2) is 7.90. The number of nitrogens with two attached hydrogens (primary N) is 1. The minimum Gasteiger partial charge on any atom is -0.494 e. The summed E-state index contributed by atoms with van der Waals surface area (Å²) in [5.74, 6) is 0.530. The van der Waals surface area contributed by atoms with E-state index >= 15 is 0 Å². The average Bonchev–Trinajstić information content (AvgIpc) is 2.46. The summed E-state index contributed by atoms with van der Waals surface area (Å²) >= 11 is 0. The van der Waals surface area contributed by atoms with Crippen LogP contribution in [0.2, 0.25) is 0 Å². The van der Waals surface area contributed by atoms with Crippen molar-refractivity contribution in [3.8, 4) is 5.75 Å². The number of unbranched alkanes of at least 4 members (excludes halogenated alkanes) is 1. The molecule has 4 nitrogen and oxygen atoms in total. The minimum absolute atomic E-state index is 0.367. The Morgan fingerprint density at radius 1 is 1.35 bits per heavy atom. The molecule has 2 N–H and O–H groups in total. The molecule has 0 saturated carbocycles. The van der Waals surface area contributed by atoms with Crippen molar-refractivity contribution in [1.82, 2.24) is 0 Å². The molecule has 1 atom stereocenters. The maximum absolute atomic E-state index is 11.4. The summed E-state index contributed by atoms with van der Waals surface area (Å²) in [4.78, 5) is 11.4. The summed E-state index contributed by atoms with van der Waals surface area (Å²) in [6.45, 7) is 4.45. The highest BCUT2D eigenvalue weighted by molar-refractivity contribution is 5.79. The van der Waals surface area contributed by atoms with Crippen molar-refractivity contribution in [3.63, 3.8) is 0 Å². The summed E-state index contributed by atoms with van der Waals surface area (Å²) in [6.07, 6.45) is 3.29. The fourth-order valence-corrected chi connectivity index (χ4v) is 1.97. The van der Waals surface area contributed by atoms with Crippen molar-refractivity contribution in [2.75, 3.05) is 13.7 Å². The number of carbonyl (C=O) groups is 1. The van der Waals surface area contributed by atoms with Gasteiger partial charge in [-0.05, 0) is 50.3 Å². The van der Waals surface area contributed by atoms with Crippen molar-refractivity contribution >= 4 is 5.97 Å². The Kier molecular flexibility index (Phi) is 6.52. The molecule has 0 heterocycles. The van der Waals surface area contributed by atoms with Crippen LogP contribution in [0, 0.1) is 0 Å². The standard InChI is InChI=1S/C16H25NO3/c1-4-13-8-7-9-14(12-13)20-11-6-5-10-16(2,17)15(18)19-3/h7-9,12H,4-6,10-11,17H2,1-3H3. The van der Waals surface area contributed by atoms with Crippen LogP contribution in [0.3, 0.4) is 0 Å². The van der Waals surface area contributed by atoms with Gasteiger partial charge < -0.3 is 15.2 Å². The van der Waals surface area contributed by atoms with Gasteiger partial charge in [0.05, 0.1) is 13.7 Å². The first kappa shape index (κ1) is 16.5. The molecule has 1 rings (SSSR count). The van der Waals surface area contributed by atoms with E-state index in [1.54, 1.807) is 6.92 Å². The number of carbonyl (C=O) groups excluding carboxylic acids is 1. The van der Waals surface area contributed by atoms with Crippen LogP contribution in [0.1, 0.15) is 38.7 Å². The molecular formula is C16H25NO3. The van der Waals surface area contributed by atoms with Gasteiger partial charge in [-0.1, -0.05) is 19.1 Å². The Morgan fingerprint density at radius 3 is 2.75 bits per heavy atom. The monoisotopic (exact) mass is 279 g/mol. The fraction of sp³-hybridized carbons (Fsp3) is 0.562. The quantitative estimate of drug-likeness (QED) is 0.587. The van der Waals surface area contributed by atoms with Gasteiger partial charge in [0.25, 0.3) is 0 Å². The van der Waals surface area contributed by atoms with Gasteiger partial charge in [0, 0.05) is 0 Å². The number of hydrogen-bond acceptors (Lipinski definition) is 4. The molecule has 20 heavy (non-hydrogen) atoms. The molecule has 0 aromatic heterocycles. The lowest BCUT2D eigenvalue weighted by atomic mass is 9.96. The second-order valence-electron chi connectivity index (χ2n) is 5.22. The van der Waals surface area contributed by atoms with Gasteiger partial charge in [0.2, 0.25) is 0 Å². The van der Waals surface area contributed by atoms with Crippen molar-refractivity contribution in [1.29, 1.82) is 0 Å². The van der Waals surface area contributed by atoms with Gasteiger partial charge in [0.1, 0.15) is 11.3 Å². The van der Waals surface area contributed by atoms with E-state index in [0.717, 1.165) is 25.0 Å². The smallest absolute Gasteiger partial charge is 0.325 e. The van der Waals surface area contributed by atoms with Crippen LogP contribution < -0.4 is 10.5 Å². The Labute approximate surface area is 121 Å². The molecule has 1 aromatic carbocycles. The minimum atomic E-state index is -0.906. The molecule has 112 valence electrons. The van der Waals surface area contributed by atoms with Crippen molar-refractivity contribution in [2.45, 2.75) is 45.1 Å². The number of esters is 1. The van der Waals surface area contributed by atoms with Crippen LogP contribution in [0.15, 0.2) is 24.3 Å². The van der Waals surface area contributed by atoms with E-state index in [4.69, 9.17) is 10.5 Å². The zero-order valence-corrected chi connectivity index (χ0v) is 12.6. The summed E-state index contributed by atoms with van der Waals surface area (Å²) in [7, 11) is 1.36. The number of hydrogen-bond donors (Lipinski definition) is 1. The maximum Gasteiger partial charge on any atom is 0.325 e. The van der Waals surface area contributed by atoms with E-state index in [9.17, 15) is 4.79 Å². The molecule has 1 unspecified atom stereocenters. The number of aryl methyl sites for hydroxylation is 1. The molecule has 0 spiro atoms. The highest BCUT2D eigenvalue weighted by Gasteiger charge is 2.28. The SMILES string of the molecule is CCc1cccc(OCCCCC(C)(N)C(=O)OC)c1. The van der Waals surface area contributed by atoms with E-state index in [-0.39, 0.29) is 5.97 Å². The zero-order valence-electron chi connectivity index (χ0n) is 12.6. The summed E-state index contributed by atoms with van der Waals surface area (Å²) in [5, 5.41) is 0. The molecule has 0 aliphatic rings. The topological polar surface area (TPSA) is 61.5 Å². The average molecular weight is 279 g/mol. The molecule has 0 aliphatic carbocycles. The van der Waals surface area contributed by atoms with Gasteiger partial charge in [-0.25, -0.2) is 0 Å². The number of rotatable bonds is 8. The molecule has 0 aliphatic heterocycles. The molecule has 1 aromatic rings. The van der Waals surface area contributed by atoms with Crippen LogP contribution in [0.5, 0.6) is 5.75 Å². The van der Waals surface area contributed by atoms with Gasteiger partial charge in [-0.3, -0.25) is 4.79 Å². The fourth-order valence-electron chi connectivity index (χ4n) is 1.97. The predicted molar refractivity (Wildman–Crippen MR) is 79.8 cm³/mol. The van der Waals surface area contributed by atoms with Gasteiger partial charge in [-0.2, -0.15) is 0 Å². The van der Waals surface area contributed by atoms with Crippen molar-refractivity contribution in [2.24, 2.45) is 5.73 Å². The lowest BCUT2D eigenvalue weighted by Gasteiger charge is -2.21. The second-order valence-corrected chi connectivity index (χ2v) is 5.22. The highest BCUT2D eigenvalue weighted by Crippen LogP contribution is 2.16.